The molecule has 1 aliphatic rings. The molecule has 0 N–H and O–H groups in total. The number of halogens is 1. The number of fused-ring (bicyclic) bond motifs is 1. The summed E-state index contributed by atoms with van der Waals surface area (Å²) in [4.78, 5) is 10.5. The van der Waals surface area contributed by atoms with Gasteiger partial charge >= 0.3 is 0 Å². The Hall–Kier alpha value is -1.22. The van der Waals surface area contributed by atoms with Crippen molar-refractivity contribution in [3.05, 3.63) is 32.0 Å². The first kappa shape index (κ1) is 12.8. The van der Waals surface area contributed by atoms with Gasteiger partial charge in [-0.3, -0.25) is 10.1 Å². The lowest BCUT2D eigenvalue weighted by Crippen LogP contribution is -2.19. The van der Waals surface area contributed by atoms with E-state index in [1.807, 2.05) is 0 Å². The van der Waals surface area contributed by atoms with Gasteiger partial charge in [0, 0.05) is 24.1 Å². The first-order valence-corrected chi connectivity index (χ1v) is 7.18. The van der Waals surface area contributed by atoms with Crippen LogP contribution in [0, 0.1) is 13.8 Å². The van der Waals surface area contributed by atoms with Crippen molar-refractivity contribution in [1.82, 2.24) is 9.78 Å². The van der Waals surface area contributed by atoms with Crippen LogP contribution < -0.4 is 0 Å². The van der Waals surface area contributed by atoms with E-state index in [0.29, 0.717) is 0 Å². The zero-order valence-corrected chi connectivity index (χ0v) is 12.2. The number of rotatable bonds is 2. The molecule has 0 amide bonds. The van der Waals surface area contributed by atoms with Crippen molar-refractivity contribution in [2.45, 2.75) is 25.5 Å². The average Bonchev–Trinajstić information content (AvgIpc) is 2.77. The van der Waals surface area contributed by atoms with Crippen LogP contribution in [0.25, 0.3) is 10.9 Å². The minimum Gasteiger partial charge on any atom is -0.356 e. The number of hydrogen-bond donors (Lipinski definition) is 0. The Labute approximate surface area is 123 Å². The summed E-state index contributed by atoms with van der Waals surface area (Å²) in [6, 6.07) is 4.84. The summed E-state index contributed by atoms with van der Waals surface area (Å²) in [5.74, 6) is 0. The maximum atomic E-state index is 10.9. The fourth-order valence-electron chi connectivity index (χ4n) is 2.34. The summed E-state index contributed by atoms with van der Waals surface area (Å²) in [5.41, 5.74) is 0.853. The van der Waals surface area contributed by atoms with Crippen molar-refractivity contribution < 1.29 is 9.66 Å². The van der Waals surface area contributed by atoms with Crippen LogP contribution >= 0.6 is 22.6 Å². The van der Waals surface area contributed by atoms with E-state index in [1.165, 1.54) is 6.07 Å². The summed E-state index contributed by atoms with van der Waals surface area (Å²) in [6.45, 7) is 0.720. The second kappa shape index (κ2) is 5.04. The third kappa shape index (κ3) is 2.32. The normalized spacial score (nSPS) is 19.7. The topological polar surface area (TPSA) is 70.2 Å². The van der Waals surface area contributed by atoms with Crippen molar-refractivity contribution in [1.29, 1.82) is 0 Å². The highest BCUT2D eigenvalue weighted by Gasteiger charge is 2.21. The van der Waals surface area contributed by atoms with Gasteiger partial charge in [-0.25, -0.2) is 4.68 Å². The van der Waals surface area contributed by atoms with Crippen LogP contribution in [-0.2, 0) is 4.74 Å². The quantitative estimate of drug-likeness (QED) is 0.460. The Kier molecular flexibility index (Phi) is 3.40. The highest BCUT2D eigenvalue weighted by atomic mass is 127. The minimum atomic E-state index is -0.384. The predicted molar refractivity (Wildman–Crippen MR) is 77.9 cm³/mol. The van der Waals surface area contributed by atoms with Gasteiger partial charge in [0.1, 0.15) is 3.70 Å². The molecule has 1 atom stereocenters. The van der Waals surface area contributed by atoms with Crippen LogP contribution in [-0.4, -0.2) is 21.3 Å². The SMILES string of the molecule is O=[N+]([O-])c1ccc2c(I)nn([C@H]3CCCCO3)c2c1. The van der Waals surface area contributed by atoms with Gasteiger partial charge < -0.3 is 4.74 Å². The molecule has 0 unspecified atom stereocenters. The van der Waals surface area contributed by atoms with Crippen LogP contribution in [0.4, 0.5) is 5.69 Å². The van der Waals surface area contributed by atoms with Gasteiger partial charge in [0.25, 0.3) is 5.69 Å². The Morgan fingerprint density at radius 3 is 3.00 bits per heavy atom. The largest absolute Gasteiger partial charge is 0.356 e. The standard InChI is InChI=1S/C12H12IN3O3/c13-12-9-5-4-8(16(17)18)7-10(9)15(14-12)11-3-1-2-6-19-11/h4-5,7,11H,1-3,6H2/t11-/m1/s1. The van der Waals surface area contributed by atoms with Gasteiger partial charge in [-0.1, -0.05) is 0 Å². The zero-order chi connectivity index (χ0) is 13.4. The van der Waals surface area contributed by atoms with Crippen LogP contribution in [0.3, 0.4) is 0 Å². The highest BCUT2D eigenvalue weighted by molar-refractivity contribution is 14.1. The molecule has 100 valence electrons. The van der Waals surface area contributed by atoms with E-state index in [-0.39, 0.29) is 16.8 Å². The minimum absolute atomic E-state index is 0.0841. The van der Waals surface area contributed by atoms with Crippen LogP contribution in [0.15, 0.2) is 18.2 Å². The van der Waals surface area contributed by atoms with Crippen molar-refractivity contribution in [2.75, 3.05) is 6.61 Å². The number of nitro benzene ring substituents is 1. The molecule has 1 aromatic carbocycles. The second-order valence-electron chi connectivity index (χ2n) is 4.52. The van der Waals surface area contributed by atoms with Crippen LogP contribution in [0.1, 0.15) is 25.5 Å². The van der Waals surface area contributed by atoms with Crippen molar-refractivity contribution in [3.63, 3.8) is 0 Å². The molecule has 1 aromatic heterocycles. The number of non-ortho nitro benzene ring substituents is 1. The molecule has 1 saturated heterocycles. The molecule has 2 heterocycles. The molecule has 0 aliphatic carbocycles. The number of ether oxygens (including phenoxy) is 1. The number of nitro groups is 1. The smallest absolute Gasteiger partial charge is 0.271 e. The fourth-order valence-corrected chi connectivity index (χ4v) is 3.02. The molecule has 1 fully saturated rings. The second-order valence-corrected chi connectivity index (χ2v) is 5.54. The lowest BCUT2D eigenvalue weighted by Gasteiger charge is -2.23. The molecular weight excluding hydrogens is 361 g/mol. The lowest BCUT2D eigenvalue weighted by atomic mass is 10.2. The van der Waals surface area contributed by atoms with Gasteiger partial charge in [0.05, 0.1) is 10.4 Å². The molecule has 3 rings (SSSR count). The number of nitrogens with zero attached hydrogens (tertiary/aromatic N) is 3. The Balaban J connectivity index is 2.12. The van der Waals surface area contributed by atoms with E-state index >= 15 is 0 Å². The Bertz CT molecular complexity index is 634. The molecule has 19 heavy (non-hydrogen) atoms. The van der Waals surface area contributed by atoms with E-state index in [0.717, 1.165) is 40.5 Å². The summed E-state index contributed by atoms with van der Waals surface area (Å²) in [5, 5.41) is 16.3. The van der Waals surface area contributed by atoms with Gasteiger partial charge in [-0.2, -0.15) is 5.10 Å². The van der Waals surface area contributed by atoms with E-state index < -0.39 is 0 Å². The van der Waals surface area contributed by atoms with Crippen molar-refractivity contribution in [2.24, 2.45) is 0 Å². The monoisotopic (exact) mass is 373 g/mol. The summed E-state index contributed by atoms with van der Waals surface area (Å²) in [7, 11) is 0. The van der Waals surface area contributed by atoms with Gasteiger partial charge in [0.2, 0.25) is 0 Å². The molecule has 6 nitrogen and oxygen atoms in total. The maximum Gasteiger partial charge on any atom is 0.271 e. The molecule has 0 saturated carbocycles. The Morgan fingerprint density at radius 1 is 1.47 bits per heavy atom. The molecule has 2 aromatic rings. The highest BCUT2D eigenvalue weighted by Crippen LogP contribution is 2.30. The molecule has 7 heteroatoms. The van der Waals surface area contributed by atoms with Crippen LogP contribution in [0.5, 0.6) is 0 Å². The number of benzene rings is 1. The molecule has 1 aliphatic heterocycles. The van der Waals surface area contributed by atoms with E-state index in [2.05, 4.69) is 27.7 Å². The number of hydrogen-bond acceptors (Lipinski definition) is 4. The van der Waals surface area contributed by atoms with E-state index in [4.69, 9.17) is 4.74 Å². The van der Waals surface area contributed by atoms with Crippen LogP contribution in [0.2, 0.25) is 0 Å². The first-order chi connectivity index (χ1) is 9.16. The molecule has 0 radical (unpaired) electrons. The average molecular weight is 373 g/mol. The lowest BCUT2D eigenvalue weighted by molar-refractivity contribution is -0.384. The summed E-state index contributed by atoms with van der Waals surface area (Å²) in [6.07, 6.45) is 2.95. The third-order valence-corrected chi connectivity index (χ3v) is 4.08. The third-order valence-electron chi connectivity index (χ3n) is 3.29. The summed E-state index contributed by atoms with van der Waals surface area (Å²) >= 11 is 2.15. The molecular formula is C12H12IN3O3. The fraction of sp³-hybridized carbons (Fsp3) is 0.417. The predicted octanol–water partition coefficient (Wildman–Crippen LogP) is 3.25. The number of aromatic nitrogens is 2. The summed E-state index contributed by atoms with van der Waals surface area (Å²) < 4.78 is 8.34. The van der Waals surface area contributed by atoms with Gasteiger partial charge in [0.15, 0.2) is 6.23 Å². The first-order valence-electron chi connectivity index (χ1n) is 6.10. The van der Waals surface area contributed by atoms with E-state index in [1.54, 1.807) is 16.8 Å². The van der Waals surface area contributed by atoms with Gasteiger partial charge in [-0.15, -0.1) is 0 Å². The zero-order valence-electron chi connectivity index (χ0n) is 10.1. The molecule has 0 bridgehead atoms. The Morgan fingerprint density at radius 2 is 2.32 bits per heavy atom. The van der Waals surface area contributed by atoms with Crippen molar-refractivity contribution >= 4 is 39.2 Å². The van der Waals surface area contributed by atoms with E-state index in [9.17, 15) is 10.1 Å². The van der Waals surface area contributed by atoms with Crippen molar-refractivity contribution in [3.8, 4) is 0 Å². The molecule has 0 spiro atoms. The van der Waals surface area contributed by atoms with Gasteiger partial charge in [-0.05, 0) is 47.9 Å². The maximum absolute atomic E-state index is 10.9.